The van der Waals surface area contributed by atoms with Crippen LogP contribution >= 0.6 is 12.4 Å². The summed E-state index contributed by atoms with van der Waals surface area (Å²) in [6.45, 7) is 0. The normalized spacial score (nSPS) is 16.6. The van der Waals surface area contributed by atoms with Crippen molar-refractivity contribution in [2.45, 2.75) is 49.0 Å². The second kappa shape index (κ2) is 7.82. The number of halogens is 1. The molecule has 1 saturated carbocycles. The van der Waals surface area contributed by atoms with Crippen molar-refractivity contribution in [3.8, 4) is 0 Å². The smallest absolute Gasteiger partial charge is 0.240 e. The molecule has 3 rings (SSSR count). The Balaban J connectivity index is 0.00000225. The summed E-state index contributed by atoms with van der Waals surface area (Å²) in [6.07, 6.45) is 5.28. The number of nitrogens with two attached hydrogens (primary N) is 1. The highest BCUT2D eigenvalue weighted by atomic mass is 35.5. The quantitative estimate of drug-likeness (QED) is 0.784. The topological polar surface area (TPSA) is 111 Å². The molecule has 0 radical (unpaired) electrons. The van der Waals surface area contributed by atoms with Crippen LogP contribution in [-0.2, 0) is 28.4 Å². The summed E-state index contributed by atoms with van der Waals surface area (Å²) in [5.74, 6) is 1.17. The van der Waals surface area contributed by atoms with Crippen LogP contribution in [0.3, 0.4) is 0 Å². The monoisotopic (exact) mass is 386 g/mol. The van der Waals surface area contributed by atoms with Gasteiger partial charge in [0, 0.05) is 6.42 Å². The standard InChI is InChI=1S/C16H22N4O3S.ClH/c1-18-24(21,22)13-7-4-12(5-8-13)6-9-14-19-15(20-23-14)16(17)10-2-3-11-16;/h4-5,7-8,18H,2-3,6,9-11,17H2,1H3;1H. The highest BCUT2D eigenvalue weighted by Crippen LogP contribution is 2.34. The largest absolute Gasteiger partial charge is 0.339 e. The van der Waals surface area contributed by atoms with Crippen LogP contribution in [0.4, 0.5) is 0 Å². The number of rotatable bonds is 6. The first-order valence-corrected chi connectivity index (χ1v) is 9.56. The number of hydrogen-bond acceptors (Lipinski definition) is 6. The number of hydrogen-bond donors (Lipinski definition) is 2. The highest BCUT2D eigenvalue weighted by Gasteiger charge is 2.35. The van der Waals surface area contributed by atoms with E-state index in [9.17, 15) is 8.42 Å². The highest BCUT2D eigenvalue weighted by molar-refractivity contribution is 7.89. The molecule has 0 saturated heterocycles. The molecule has 1 aromatic heterocycles. The van der Waals surface area contributed by atoms with Crippen molar-refractivity contribution in [2.75, 3.05) is 7.05 Å². The van der Waals surface area contributed by atoms with Crippen LogP contribution in [0.15, 0.2) is 33.7 Å². The Kier molecular flexibility index (Phi) is 6.21. The van der Waals surface area contributed by atoms with Gasteiger partial charge in [0.15, 0.2) is 5.82 Å². The molecular formula is C16H23ClN4O3S. The summed E-state index contributed by atoms with van der Waals surface area (Å²) in [6, 6.07) is 6.77. The van der Waals surface area contributed by atoms with Crippen LogP contribution in [0.1, 0.15) is 43.0 Å². The summed E-state index contributed by atoms with van der Waals surface area (Å²) in [4.78, 5) is 4.69. The zero-order valence-electron chi connectivity index (χ0n) is 14.1. The number of nitrogens with zero attached hydrogens (tertiary/aromatic N) is 2. The molecular weight excluding hydrogens is 364 g/mol. The third kappa shape index (κ3) is 4.38. The lowest BCUT2D eigenvalue weighted by molar-refractivity contribution is 0.348. The van der Waals surface area contributed by atoms with Gasteiger partial charge in [-0.2, -0.15) is 4.98 Å². The van der Waals surface area contributed by atoms with Crippen LogP contribution in [0.2, 0.25) is 0 Å². The van der Waals surface area contributed by atoms with Crippen molar-refractivity contribution in [3.63, 3.8) is 0 Å². The van der Waals surface area contributed by atoms with Gasteiger partial charge in [-0.15, -0.1) is 12.4 Å². The van der Waals surface area contributed by atoms with Crippen molar-refractivity contribution in [1.82, 2.24) is 14.9 Å². The first-order valence-electron chi connectivity index (χ1n) is 8.07. The first-order chi connectivity index (χ1) is 11.4. The van der Waals surface area contributed by atoms with E-state index < -0.39 is 15.6 Å². The molecule has 1 aliphatic carbocycles. The van der Waals surface area contributed by atoms with Gasteiger partial charge in [-0.05, 0) is 44.0 Å². The lowest BCUT2D eigenvalue weighted by Crippen LogP contribution is -2.34. The van der Waals surface area contributed by atoms with E-state index in [0.717, 1.165) is 31.2 Å². The van der Waals surface area contributed by atoms with Crippen molar-refractivity contribution >= 4 is 22.4 Å². The second-order valence-corrected chi connectivity index (χ2v) is 8.11. The molecule has 1 heterocycles. The fourth-order valence-electron chi connectivity index (χ4n) is 2.99. The maximum absolute atomic E-state index is 11.7. The molecule has 0 bridgehead atoms. The predicted molar refractivity (Wildman–Crippen MR) is 96.0 cm³/mol. The Morgan fingerprint density at radius 1 is 1.20 bits per heavy atom. The molecule has 7 nitrogen and oxygen atoms in total. The molecule has 1 fully saturated rings. The Morgan fingerprint density at radius 3 is 2.44 bits per heavy atom. The average Bonchev–Trinajstić information content (AvgIpc) is 3.23. The molecule has 0 aliphatic heterocycles. The molecule has 1 aromatic carbocycles. The molecule has 138 valence electrons. The van der Waals surface area contributed by atoms with Crippen molar-refractivity contribution in [3.05, 3.63) is 41.5 Å². The minimum absolute atomic E-state index is 0. The third-order valence-electron chi connectivity index (χ3n) is 4.54. The summed E-state index contributed by atoms with van der Waals surface area (Å²) in [7, 11) is -2.01. The van der Waals surface area contributed by atoms with Gasteiger partial charge in [-0.1, -0.05) is 30.1 Å². The van der Waals surface area contributed by atoms with E-state index in [1.165, 1.54) is 7.05 Å². The minimum Gasteiger partial charge on any atom is -0.339 e. The van der Waals surface area contributed by atoms with Crippen LogP contribution in [0, 0.1) is 0 Å². The van der Waals surface area contributed by atoms with Gasteiger partial charge in [-0.3, -0.25) is 0 Å². The lowest BCUT2D eigenvalue weighted by atomic mass is 9.99. The van der Waals surface area contributed by atoms with Crippen molar-refractivity contribution in [1.29, 1.82) is 0 Å². The van der Waals surface area contributed by atoms with E-state index in [-0.39, 0.29) is 17.3 Å². The zero-order chi connectivity index (χ0) is 17.2. The predicted octanol–water partition coefficient (Wildman–Crippen LogP) is 1.91. The van der Waals surface area contributed by atoms with Gasteiger partial charge in [0.05, 0.1) is 10.4 Å². The molecule has 0 atom stereocenters. The van der Waals surface area contributed by atoms with Crippen LogP contribution in [0.25, 0.3) is 0 Å². The molecule has 2 aromatic rings. The molecule has 9 heteroatoms. The van der Waals surface area contributed by atoms with Crippen LogP contribution in [-0.4, -0.2) is 25.6 Å². The van der Waals surface area contributed by atoms with E-state index in [4.69, 9.17) is 10.3 Å². The maximum atomic E-state index is 11.7. The van der Waals surface area contributed by atoms with Gasteiger partial charge >= 0.3 is 0 Å². The first kappa shape index (κ1) is 19.8. The summed E-state index contributed by atoms with van der Waals surface area (Å²) in [5, 5.41) is 4.04. The summed E-state index contributed by atoms with van der Waals surface area (Å²) >= 11 is 0. The maximum Gasteiger partial charge on any atom is 0.240 e. The number of aryl methyl sites for hydroxylation is 2. The van der Waals surface area contributed by atoms with E-state index in [2.05, 4.69) is 14.9 Å². The number of nitrogens with one attached hydrogen (secondary N) is 1. The third-order valence-corrected chi connectivity index (χ3v) is 5.97. The van der Waals surface area contributed by atoms with Gasteiger partial charge < -0.3 is 10.3 Å². The Labute approximate surface area is 153 Å². The Morgan fingerprint density at radius 2 is 1.84 bits per heavy atom. The lowest BCUT2D eigenvalue weighted by Gasteiger charge is -2.17. The Bertz CT molecular complexity index is 799. The molecule has 25 heavy (non-hydrogen) atoms. The zero-order valence-corrected chi connectivity index (χ0v) is 15.7. The Hall–Kier alpha value is -1.48. The number of benzene rings is 1. The van der Waals surface area contributed by atoms with E-state index in [1.807, 2.05) is 0 Å². The van der Waals surface area contributed by atoms with E-state index in [1.54, 1.807) is 24.3 Å². The second-order valence-electron chi connectivity index (χ2n) is 6.23. The van der Waals surface area contributed by atoms with Crippen molar-refractivity contribution in [2.24, 2.45) is 5.73 Å². The molecule has 0 unspecified atom stereocenters. The number of aromatic nitrogens is 2. The van der Waals surface area contributed by atoms with E-state index >= 15 is 0 Å². The van der Waals surface area contributed by atoms with Gasteiger partial charge in [0.25, 0.3) is 0 Å². The molecule has 0 spiro atoms. The fraction of sp³-hybridized carbons (Fsp3) is 0.500. The minimum atomic E-state index is -3.40. The molecule has 1 aliphatic rings. The van der Waals surface area contributed by atoms with Crippen LogP contribution in [0.5, 0.6) is 0 Å². The van der Waals surface area contributed by atoms with Gasteiger partial charge in [0.1, 0.15) is 0 Å². The molecule has 0 amide bonds. The van der Waals surface area contributed by atoms with Crippen LogP contribution < -0.4 is 10.5 Å². The molecule has 3 N–H and O–H groups in total. The van der Waals surface area contributed by atoms with Gasteiger partial charge in [-0.25, -0.2) is 13.1 Å². The average molecular weight is 387 g/mol. The fourth-order valence-corrected chi connectivity index (χ4v) is 3.72. The van der Waals surface area contributed by atoms with Crippen molar-refractivity contribution < 1.29 is 12.9 Å². The number of sulfonamides is 1. The van der Waals surface area contributed by atoms with E-state index in [0.29, 0.717) is 24.6 Å². The summed E-state index contributed by atoms with van der Waals surface area (Å²) in [5.41, 5.74) is 6.89. The van der Waals surface area contributed by atoms with Gasteiger partial charge in [0.2, 0.25) is 15.9 Å². The summed E-state index contributed by atoms with van der Waals surface area (Å²) < 4.78 is 31.0. The SMILES string of the molecule is CNS(=O)(=O)c1ccc(CCc2nc(C3(N)CCCC3)no2)cc1.Cl.